The van der Waals surface area contributed by atoms with E-state index in [2.05, 4.69) is 0 Å². The predicted molar refractivity (Wildman–Crippen MR) is 86.8 cm³/mol. The van der Waals surface area contributed by atoms with E-state index >= 15 is 0 Å². The molecular formula is C20H17ClO5. The molecule has 0 aliphatic carbocycles. The maximum absolute atomic E-state index is 11.7. The molecule has 0 aliphatic heterocycles. The van der Waals surface area contributed by atoms with Crippen LogP contribution in [0.15, 0.2) is 84.9 Å². The minimum atomic E-state index is -4.71. The average molecular weight is 373 g/mol. The third-order valence-electron chi connectivity index (χ3n) is 4.07. The fourth-order valence-corrected chi connectivity index (χ4v) is 3.50. The quantitative estimate of drug-likeness (QED) is 0.600. The molecule has 0 N–H and O–H groups in total. The Morgan fingerprint density at radius 3 is 1.46 bits per heavy atom. The van der Waals surface area contributed by atoms with Crippen molar-refractivity contribution in [2.45, 2.75) is 5.60 Å². The average Bonchev–Trinajstić information content (AvgIpc) is 2.67. The molecule has 0 atom stereocenters. The lowest BCUT2D eigenvalue weighted by atomic mass is 9.80. The van der Waals surface area contributed by atoms with Crippen molar-refractivity contribution in [3.8, 4) is 5.75 Å². The topological polar surface area (TPSA) is 87.6 Å². The Labute approximate surface area is 153 Å². The molecule has 0 bridgehead atoms. The van der Waals surface area contributed by atoms with Gasteiger partial charge in [0.1, 0.15) is 5.75 Å². The van der Waals surface area contributed by atoms with Crippen molar-refractivity contribution in [3.63, 3.8) is 0 Å². The molecule has 0 heterocycles. The van der Waals surface area contributed by atoms with Crippen LogP contribution >= 0.6 is 0 Å². The minimum absolute atomic E-state index is 0.489. The lowest BCUT2D eigenvalue weighted by Crippen LogP contribution is -2.64. The molecule has 26 heavy (non-hydrogen) atoms. The van der Waals surface area contributed by atoms with Crippen molar-refractivity contribution in [1.82, 2.24) is 0 Å². The zero-order valence-electron chi connectivity index (χ0n) is 14.0. The Hall–Kier alpha value is -2.41. The third-order valence-corrected chi connectivity index (χ3v) is 4.49. The molecule has 0 amide bonds. The Morgan fingerprint density at radius 1 is 0.654 bits per heavy atom. The van der Waals surface area contributed by atoms with Crippen molar-refractivity contribution in [3.05, 3.63) is 102 Å². The summed E-state index contributed by atoms with van der Waals surface area (Å²) in [4.78, 5) is 0. The first-order chi connectivity index (χ1) is 12.5. The van der Waals surface area contributed by atoms with Gasteiger partial charge in [-0.15, -0.1) is 0 Å². The first-order valence-corrected chi connectivity index (χ1v) is 9.06. The van der Waals surface area contributed by atoms with E-state index in [9.17, 15) is 14.0 Å². The standard InChI is InChI=1S/C20H17ClO5/c1-25-19-14-12-18(13-15-19)20(26-21(22,23)24,16-8-4-2-5-9-16)17-10-6-3-7-11-17/h2-15H,1H3. The highest BCUT2D eigenvalue weighted by atomic mass is 35.7. The summed E-state index contributed by atoms with van der Waals surface area (Å²) in [6.07, 6.45) is 0. The maximum Gasteiger partial charge on any atom is 0.298 e. The number of hydrogen-bond acceptors (Lipinski definition) is 5. The molecule has 5 nitrogen and oxygen atoms in total. The van der Waals surface area contributed by atoms with Gasteiger partial charge in [0.15, 0.2) is 0 Å². The molecule has 0 saturated heterocycles. The van der Waals surface area contributed by atoms with Crippen LogP contribution < -0.4 is 18.7 Å². The van der Waals surface area contributed by atoms with Crippen LogP contribution in [-0.4, -0.2) is 7.11 Å². The molecule has 0 aliphatic rings. The lowest BCUT2D eigenvalue weighted by molar-refractivity contribution is -1.92. The molecular weight excluding hydrogens is 356 g/mol. The second kappa shape index (κ2) is 7.45. The van der Waals surface area contributed by atoms with Crippen molar-refractivity contribution >= 4 is 0 Å². The van der Waals surface area contributed by atoms with Crippen molar-refractivity contribution in [2.24, 2.45) is 0 Å². The van der Waals surface area contributed by atoms with Gasteiger partial charge in [0.05, 0.1) is 21.6 Å². The SMILES string of the molecule is COc1ccc(C(O[Cl+3]([O-])([O-])[O-])(c2ccccc2)c2ccccc2)cc1. The molecule has 3 aromatic rings. The van der Waals surface area contributed by atoms with Gasteiger partial charge in [-0.1, -0.05) is 72.8 Å². The van der Waals surface area contributed by atoms with Gasteiger partial charge >= 0.3 is 0 Å². The Morgan fingerprint density at radius 2 is 1.08 bits per heavy atom. The van der Waals surface area contributed by atoms with Crippen LogP contribution in [0.2, 0.25) is 0 Å². The highest BCUT2D eigenvalue weighted by Crippen LogP contribution is 2.42. The van der Waals surface area contributed by atoms with Gasteiger partial charge in [-0.3, -0.25) is 0 Å². The van der Waals surface area contributed by atoms with Crippen LogP contribution in [0.25, 0.3) is 0 Å². The van der Waals surface area contributed by atoms with E-state index in [1.807, 2.05) is 0 Å². The Kier molecular flexibility index (Phi) is 5.27. The zero-order valence-corrected chi connectivity index (χ0v) is 14.8. The molecule has 0 unspecified atom stereocenters. The van der Waals surface area contributed by atoms with Crippen molar-refractivity contribution in [2.75, 3.05) is 7.11 Å². The van der Waals surface area contributed by atoms with E-state index in [-0.39, 0.29) is 0 Å². The number of benzene rings is 3. The number of hydrogen-bond donors (Lipinski definition) is 0. The summed E-state index contributed by atoms with van der Waals surface area (Å²) in [5.74, 6) is 0.603. The van der Waals surface area contributed by atoms with Crippen LogP contribution in [0, 0.1) is 10.2 Å². The fourth-order valence-electron chi connectivity index (χ4n) is 2.95. The van der Waals surface area contributed by atoms with Crippen LogP contribution in [0.1, 0.15) is 16.7 Å². The molecule has 3 rings (SSSR count). The zero-order chi connectivity index (χ0) is 18.6. The van der Waals surface area contributed by atoms with Crippen LogP contribution in [0.5, 0.6) is 5.75 Å². The summed E-state index contributed by atoms with van der Waals surface area (Å²) >= 11 is 0. The molecule has 0 spiro atoms. The van der Waals surface area contributed by atoms with Gasteiger partial charge in [-0.25, -0.2) is 0 Å². The molecule has 0 fully saturated rings. The molecule has 134 valence electrons. The highest BCUT2D eigenvalue weighted by Gasteiger charge is 2.51. The molecule has 3 aromatic carbocycles. The van der Waals surface area contributed by atoms with Crippen LogP contribution in [0.3, 0.4) is 0 Å². The number of halogens is 1. The van der Waals surface area contributed by atoms with Gasteiger partial charge < -0.3 is 4.74 Å². The summed E-state index contributed by atoms with van der Waals surface area (Å²) in [7, 11) is -3.18. The van der Waals surface area contributed by atoms with E-state index < -0.39 is 15.8 Å². The van der Waals surface area contributed by atoms with Crippen molar-refractivity contribution < 1.29 is 33.2 Å². The molecule has 0 aromatic heterocycles. The largest absolute Gasteiger partial charge is 0.497 e. The van der Waals surface area contributed by atoms with Gasteiger partial charge in [0, 0.05) is 16.7 Å². The van der Waals surface area contributed by atoms with E-state index in [1.165, 1.54) is 7.11 Å². The normalized spacial score (nSPS) is 12.0. The number of ether oxygens (including phenoxy) is 1. The fraction of sp³-hybridized carbons (Fsp3) is 0.100. The Balaban J connectivity index is 2.30. The highest BCUT2D eigenvalue weighted by molar-refractivity contribution is 5.48. The first kappa shape index (κ1) is 18.4. The predicted octanol–water partition coefficient (Wildman–Crippen LogP) is 0.901. The lowest BCUT2D eigenvalue weighted by Gasteiger charge is -2.31. The second-order valence-corrected chi connectivity index (χ2v) is 6.51. The second-order valence-electron chi connectivity index (χ2n) is 5.60. The van der Waals surface area contributed by atoms with Gasteiger partial charge in [0.2, 0.25) is 0 Å². The summed E-state index contributed by atoms with van der Waals surface area (Å²) in [5.41, 5.74) is -0.0917. The van der Waals surface area contributed by atoms with Gasteiger partial charge in [-0.2, -0.15) is 14.0 Å². The smallest absolute Gasteiger partial charge is 0.298 e. The number of rotatable bonds is 6. The van der Waals surface area contributed by atoms with E-state index in [1.54, 1.807) is 84.9 Å². The third kappa shape index (κ3) is 3.72. The minimum Gasteiger partial charge on any atom is -0.497 e. The Bertz CT molecular complexity index is 790. The summed E-state index contributed by atoms with van der Waals surface area (Å²) in [6.45, 7) is 0. The van der Waals surface area contributed by atoms with E-state index in [4.69, 9.17) is 9.03 Å². The first-order valence-electron chi connectivity index (χ1n) is 7.83. The maximum atomic E-state index is 11.7. The van der Waals surface area contributed by atoms with Gasteiger partial charge in [0.25, 0.3) is 5.60 Å². The molecule has 0 radical (unpaired) electrons. The summed E-state index contributed by atoms with van der Waals surface area (Å²) < 4.78 is 45.4. The van der Waals surface area contributed by atoms with Crippen LogP contribution in [-0.2, 0) is 9.89 Å². The van der Waals surface area contributed by atoms with Crippen LogP contribution in [0.4, 0.5) is 0 Å². The number of methoxy groups -OCH3 is 1. The molecule has 6 heteroatoms. The van der Waals surface area contributed by atoms with E-state index in [0.717, 1.165) is 0 Å². The van der Waals surface area contributed by atoms with E-state index in [0.29, 0.717) is 22.4 Å². The summed E-state index contributed by atoms with van der Waals surface area (Å²) in [6, 6.07) is 24.3. The van der Waals surface area contributed by atoms with Gasteiger partial charge in [-0.05, 0) is 12.1 Å². The molecule has 0 saturated carbocycles. The van der Waals surface area contributed by atoms with Crippen molar-refractivity contribution in [1.29, 1.82) is 0 Å². The monoisotopic (exact) mass is 372 g/mol. The summed E-state index contributed by atoms with van der Waals surface area (Å²) in [5, 5.41) is 0.